The number of ether oxygens (including phenoxy) is 1. The second-order valence-electron chi connectivity index (χ2n) is 6.39. The van der Waals surface area contributed by atoms with E-state index >= 15 is 0 Å². The first-order chi connectivity index (χ1) is 11.7. The van der Waals surface area contributed by atoms with Gasteiger partial charge in [-0.3, -0.25) is 4.90 Å². The van der Waals surface area contributed by atoms with Crippen molar-refractivity contribution in [1.29, 1.82) is 0 Å². The van der Waals surface area contributed by atoms with Crippen LogP contribution in [0.3, 0.4) is 0 Å². The van der Waals surface area contributed by atoms with Crippen LogP contribution in [0, 0.1) is 5.82 Å². The predicted octanol–water partition coefficient (Wildman–Crippen LogP) is 2.57. The lowest BCUT2D eigenvalue weighted by molar-refractivity contribution is 0.0729. The summed E-state index contributed by atoms with van der Waals surface area (Å²) in [5.41, 5.74) is 0.703. The van der Waals surface area contributed by atoms with Gasteiger partial charge in [-0.2, -0.15) is 0 Å². The smallest absolute Gasteiger partial charge is 0.409 e. The van der Waals surface area contributed by atoms with Crippen LogP contribution in [0.2, 0.25) is 0 Å². The first kappa shape index (κ1) is 17.0. The number of piperidine rings is 1. The van der Waals surface area contributed by atoms with E-state index in [2.05, 4.69) is 9.80 Å². The third kappa shape index (κ3) is 3.80. The van der Waals surface area contributed by atoms with Gasteiger partial charge in [0, 0.05) is 45.3 Å². The van der Waals surface area contributed by atoms with E-state index in [0.29, 0.717) is 18.3 Å². The molecule has 0 spiro atoms. The number of para-hydroxylation sites is 1. The van der Waals surface area contributed by atoms with E-state index in [9.17, 15) is 9.18 Å². The van der Waals surface area contributed by atoms with Crippen LogP contribution in [0.1, 0.15) is 19.8 Å². The minimum absolute atomic E-state index is 0.145. The molecule has 1 aromatic carbocycles. The predicted molar refractivity (Wildman–Crippen MR) is 91.8 cm³/mol. The fourth-order valence-electron chi connectivity index (χ4n) is 3.66. The lowest BCUT2D eigenvalue weighted by Crippen LogP contribution is -2.54. The molecule has 0 unspecified atom stereocenters. The van der Waals surface area contributed by atoms with Gasteiger partial charge in [0.2, 0.25) is 0 Å². The van der Waals surface area contributed by atoms with Crippen LogP contribution in [-0.2, 0) is 4.74 Å². The maximum absolute atomic E-state index is 13.9. The Morgan fingerprint density at radius 1 is 1.12 bits per heavy atom. The van der Waals surface area contributed by atoms with Crippen molar-refractivity contribution in [2.24, 2.45) is 0 Å². The Morgan fingerprint density at radius 2 is 1.79 bits per heavy atom. The molecule has 132 valence electrons. The van der Waals surface area contributed by atoms with Gasteiger partial charge in [0.1, 0.15) is 5.82 Å². The number of halogens is 1. The van der Waals surface area contributed by atoms with E-state index in [4.69, 9.17) is 4.74 Å². The van der Waals surface area contributed by atoms with Gasteiger partial charge in [-0.1, -0.05) is 12.1 Å². The zero-order chi connectivity index (χ0) is 16.9. The molecule has 0 aromatic heterocycles. The molecule has 0 saturated carbocycles. The third-order valence-electron chi connectivity index (χ3n) is 5.01. The first-order valence-corrected chi connectivity index (χ1v) is 8.84. The number of piperazine rings is 1. The van der Waals surface area contributed by atoms with Gasteiger partial charge < -0.3 is 14.5 Å². The summed E-state index contributed by atoms with van der Waals surface area (Å²) in [4.78, 5) is 18.2. The van der Waals surface area contributed by atoms with Crippen molar-refractivity contribution >= 4 is 11.8 Å². The summed E-state index contributed by atoms with van der Waals surface area (Å²) in [6.07, 6.45) is 1.78. The molecule has 2 fully saturated rings. The van der Waals surface area contributed by atoms with Crippen LogP contribution in [0.4, 0.5) is 14.9 Å². The van der Waals surface area contributed by atoms with Crippen LogP contribution < -0.4 is 4.90 Å². The Balaban J connectivity index is 1.48. The molecule has 24 heavy (non-hydrogen) atoms. The van der Waals surface area contributed by atoms with Crippen LogP contribution in [0.25, 0.3) is 0 Å². The largest absolute Gasteiger partial charge is 0.450 e. The van der Waals surface area contributed by atoms with Crippen molar-refractivity contribution < 1.29 is 13.9 Å². The maximum Gasteiger partial charge on any atom is 0.409 e. The summed E-state index contributed by atoms with van der Waals surface area (Å²) in [7, 11) is 0. The van der Waals surface area contributed by atoms with E-state index in [0.717, 1.165) is 52.1 Å². The molecular formula is C18H26FN3O2. The van der Waals surface area contributed by atoms with E-state index in [1.54, 1.807) is 11.0 Å². The Bertz CT molecular complexity index is 553. The Labute approximate surface area is 143 Å². The Hall–Kier alpha value is -1.82. The average Bonchev–Trinajstić information content (AvgIpc) is 2.63. The summed E-state index contributed by atoms with van der Waals surface area (Å²) in [5, 5.41) is 0. The van der Waals surface area contributed by atoms with E-state index in [1.807, 2.05) is 19.1 Å². The van der Waals surface area contributed by atoms with Crippen molar-refractivity contribution in [1.82, 2.24) is 9.80 Å². The fraction of sp³-hybridized carbons (Fsp3) is 0.611. The highest BCUT2D eigenvalue weighted by atomic mass is 19.1. The van der Waals surface area contributed by atoms with Gasteiger partial charge in [-0.25, -0.2) is 9.18 Å². The second kappa shape index (κ2) is 7.83. The number of benzene rings is 1. The first-order valence-electron chi connectivity index (χ1n) is 8.84. The number of amides is 1. The number of nitrogens with zero attached hydrogens (tertiary/aromatic N) is 3. The lowest BCUT2D eigenvalue weighted by atomic mass is 10.0. The second-order valence-corrected chi connectivity index (χ2v) is 6.39. The highest BCUT2D eigenvalue weighted by Crippen LogP contribution is 2.23. The third-order valence-corrected chi connectivity index (χ3v) is 5.01. The fourth-order valence-corrected chi connectivity index (χ4v) is 3.66. The highest BCUT2D eigenvalue weighted by molar-refractivity contribution is 5.67. The molecule has 2 aliphatic heterocycles. The molecule has 0 aliphatic carbocycles. The molecule has 0 atom stereocenters. The van der Waals surface area contributed by atoms with Crippen molar-refractivity contribution in [2.75, 3.05) is 50.8 Å². The molecule has 0 N–H and O–H groups in total. The standard InChI is InChI=1S/C18H26FN3O2/c1-2-24-18(23)22-9-7-15(8-10-22)20-11-13-21(14-12-20)17-6-4-3-5-16(17)19/h3-6,15H,2,7-14H2,1H3. The lowest BCUT2D eigenvalue weighted by Gasteiger charge is -2.43. The molecule has 1 amide bonds. The van der Waals surface area contributed by atoms with Crippen LogP contribution >= 0.6 is 0 Å². The van der Waals surface area contributed by atoms with Crippen LogP contribution in [0.5, 0.6) is 0 Å². The van der Waals surface area contributed by atoms with E-state index < -0.39 is 0 Å². The number of hydrogen-bond donors (Lipinski definition) is 0. The molecule has 3 rings (SSSR count). The Kier molecular flexibility index (Phi) is 5.56. The molecule has 0 radical (unpaired) electrons. The SMILES string of the molecule is CCOC(=O)N1CCC(N2CCN(c3ccccc3F)CC2)CC1. The molecular weight excluding hydrogens is 309 g/mol. The number of rotatable bonds is 3. The summed E-state index contributed by atoms with van der Waals surface area (Å²) in [6.45, 7) is 7.36. The molecule has 0 bridgehead atoms. The van der Waals surface area contributed by atoms with Crippen LogP contribution in [-0.4, -0.2) is 67.8 Å². The number of carbonyl (C=O) groups is 1. The van der Waals surface area contributed by atoms with Gasteiger partial charge in [-0.15, -0.1) is 0 Å². The van der Waals surface area contributed by atoms with Crippen molar-refractivity contribution in [2.45, 2.75) is 25.8 Å². The molecule has 2 saturated heterocycles. The highest BCUT2D eigenvalue weighted by Gasteiger charge is 2.29. The molecule has 5 nitrogen and oxygen atoms in total. The molecule has 6 heteroatoms. The van der Waals surface area contributed by atoms with Gasteiger partial charge in [-0.05, 0) is 31.9 Å². The quantitative estimate of drug-likeness (QED) is 0.851. The number of likely N-dealkylation sites (tertiary alicyclic amines) is 1. The van der Waals surface area contributed by atoms with E-state index in [-0.39, 0.29) is 11.9 Å². The van der Waals surface area contributed by atoms with Gasteiger partial charge in [0.15, 0.2) is 0 Å². The number of carbonyl (C=O) groups excluding carboxylic acids is 1. The summed E-state index contributed by atoms with van der Waals surface area (Å²) in [5.74, 6) is -0.145. The average molecular weight is 335 g/mol. The normalized spacial score (nSPS) is 20.2. The van der Waals surface area contributed by atoms with Gasteiger partial charge in [0.25, 0.3) is 0 Å². The molecule has 2 aliphatic rings. The number of hydrogen-bond acceptors (Lipinski definition) is 4. The van der Waals surface area contributed by atoms with Crippen LogP contribution in [0.15, 0.2) is 24.3 Å². The minimum Gasteiger partial charge on any atom is -0.450 e. The van der Waals surface area contributed by atoms with Gasteiger partial charge in [0.05, 0.1) is 12.3 Å². The summed E-state index contributed by atoms with van der Waals surface area (Å²) in [6, 6.07) is 7.50. The van der Waals surface area contributed by atoms with E-state index in [1.165, 1.54) is 6.07 Å². The monoisotopic (exact) mass is 335 g/mol. The van der Waals surface area contributed by atoms with Crippen molar-refractivity contribution in [3.8, 4) is 0 Å². The summed E-state index contributed by atoms with van der Waals surface area (Å²) >= 11 is 0. The minimum atomic E-state index is -0.194. The van der Waals surface area contributed by atoms with Crippen molar-refractivity contribution in [3.63, 3.8) is 0 Å². The van der Waals surface area contributed by atoms with Gasteiger partial charge >= 0.3 is 6.09 Å². The maximum atomic E-state index is 13.9. The summed E-state index contributed by atoms with van der Waals surface area (Å²) < 4.78 is 19.0. The number of anilines is 1. The Morgan fingerprint density at radius 3 is 2.42 bits per heavy atom. The molecule has 2 heterocycles. The zero-order valence-corrected chi connectivity index (χ0v) is 14.3. The molecule has 1 aromatic rings. The topological polar surface area (TPSA) is 36.0 Å². The zero-order valence-electron chi connectivity index (χ0n) is 14.3. The van der Waals surface area contributed by atoms with Crippen molar-refractivity contribution in [3.05, 3.63) is 30.1 Å².